The molecule has 1 N–H and O–H groups in total. The van der Waals surface area contributed by atoms with Gasteiger partial charge in [-0.3, -0.25) is 4.90 Å². The zero-order valence-electron chi connectivity index (χ0n) is 16.0. The Morgan fingerprint density at radius 1 is 1.15 bits per heavy atom. The number of nitrogens with zero attached hydrogens (tertiary/aromatic N) is 2. The number of aromatic nitrogens is 1. The molecule has 1 atom stereocenters. The molecule has 2 aromatic rings. The van der Waals surface area contributed by atoms with Crippen LogP contribution in [0, 0.1) is 12.7 Å². The first kappa shape index (κ1) is 20.0. The maximum atomic E-state index is 13.6. The van der Waals surface area contributed by atoms with Crippen LogP contribution < -0.4 is 4.72 Å². The van der Waals surface area contributed by atoms with Crippen LogP contribution in [-0.2, 0) is 17.1 Å². The minimum Gasteiger partial charge on any atom is -0.353 e. The minimum atomic E-state index is -3.79. The lowest BCUT2D eigenvalue weighted by Gasteiger charge is -2.31. The number of halogens is 1. The normalized spacial score (nSPS) is 17.6. The molecule has 1 aliphatic heterocycles. The van der Waals surface area contributed by atoms with Crippen LogP contribution in [0.2, 0.25) is 0 Å². The highest BCUT2D eigenvalue weighted by Gasteiger charge is 2.26. The van der Waals surface area contributed by atoms with E-state index in [1.807, 2.05) is 29.9 Å². The Morgan fingerprint density at radius 3 is 2.48 bits per heavy atom. The Balaban J connectivity index is 1.84. The number of hydrogen-bond acceptors (Lipinski definition) is 3. The second-order valence-corrected chi connectivity index (χ2v) is 9.01. The van der Waals surface area contributed by atoms with Gasteiger partial charge in [-0.15, -0.1) is 0 Å². The van der Waals surface area contributed by atoms with Crippen LogP contribution in [0.3, 0.4) is 0 Å². The Hall–Kier alpha value is -1.70. The summed E-state index contributed by atoms with van der Waals surface area (Å²) < 4.78 is 44.0. The van der Waals surface area contributed by atoms with Crippen LogP contribution in [0.25, 0.3) is 0 Å². The quantitative estimate of drug-likeness (QED) is 0.819. The van der Waals surface area contributed by atoms with Crippen LogP contribution >= 0.6 is 0 Å². The maximum absolute atomic E-state index is 13.6. The van der Waals surface area contributed by atoms with E-state index < -0.39 is 15.8 Å². The Kier molecular flexibility index (Phi) is 6.34. The van der Waals surface area contributed by atoms with E-state index in [0.29, 0.717) is 5.56 Å². The van der Waals surface area contributed by atoms with Gasteiger partial charge in [0.2, 0.25) is 10.0 Å². The van der Waals surface area contributed by atoms with Crippen LogP contribution in [0.5, 0.6) is 0 Å². The predicted octanol–water partition coefficient (Wildman–Crippen LogP) is 3.37. The predicted molar refractivity (Wildman–Crippen MR) is 105 cm³/mol. The van der Waals surface area contributed by atoms with Gasteiger partial charge in [-0.05, 0) is 62.7 Å². The summed E-state index contributed by atoms with van der Waals surface area (Å²) >= 11 is 0. The van der Waals surface area contributed by atoms with Gasteiger partial charge in [-0.2, -0.15) is 0 Å². The highest BCUT2D eigenvalue weighted by Crippen LogP contribution is 2.25. The second-order valence-electron chi connectivity index (χ2n) is 7.27. The van der Waals surface area contributed by atoms with E-state index in [4.69, 9.17) is 0 Å². The average Bonchev–Trinajstić information content (AvgIpc) is 2.88. The van der Waals surface area contributed by atoms with Gasteiger partial charge in [-0.1, -0.05) is 18.9 Å². The first-order chi connectivity index (χ1) is 12.9. The zero-order valence-corrected chi connectivity index (χ0v) is 16.8. The molecule has 1 fully saturated rings. The summed E-state index contributed by atoms with van der Waals surface area (Å²) in [7, 11) is -1.81. The molecule has 1 aromatic heterocycles. The number of hydrogen-bond donors (Lipinski definition) is 1. The fraction of sp³-hybridized carbons (Fsp3) is 0.500. The molecule has 2 heterocycles. The largest absolute Gasteiger partial charge is 0.353 e. The number of aryl methyl sites for hydroxylation is 2. The lowest BCUT2D eigenvalue weighted by Crippen LogP contribution is -2.39. The summed E-state index contributed by atoms with van der Waals surface area (Å²) in [4.78, 5) is 2.37. The van der Waals surface area contributed by atoms with E-state index >= 15 is 0 Å². The topological polar surface area (TPSA) is 54.3 Å². The molecule has 7 heteroatoms. The lowest BCUT2D eigenvalue weighted by molar-refractivity contribution is 0.199. The van der Waals surface area contributed by atoms with Gasteiger partial charge in [0.05, 0.1) is 10.9 Å². The molecular formula is C20H28FN3O2S. The molecule has 27 heavy (non-hydrogen) atoms. The highest BCUT2D eigenvalue weighted by atomic mass is 32.2. The van der Waals surface area contributed by atoms with Crippen molar-refractivity contribution >= 4 is 10.0 Å². The van der Waals surface area contributed by atoms with E-state index in [1.54, 1.807) is 6.92 Å². The van der Waals surface area contributed by atoms with Gasteiger partial charge in [0.1, 0.15) is 5.82 Å². The molecular weight excluding hydrogens is 365 g/mol. The maximum Gasteiger partial charge on any atom is 0.240 e. The number of sulfonamides is 1. The number of likely N-dealkylation sites (tertiary alicyclic amines) is 1. The molecule has 148 valence electrons. The summed E-state index contributed by atoms with van der Waals surface area (Å²) in [6.07, 6.45) is 6.65. The number of benzene rings is 1. The third-order valence-electron chi connectivity index (χ3n) is 5.31. The molecule has 1 saturated heterocycles. The van der Waals surface area contributed by atoms with E-state index in [1.165, 1.54) is 25.0 Å². The summed E-state index contributed by atoms with van der Waals surface area (Å²) in [5.74, 6) is -0.549. The number of nitrogens with one attached hydrogen (secondary N) is 1. The van der Waals surface area contributed by atoms with Gasteiger partial charge >= 0.3 is 0 Å². The molecule has 0 radical (unpaired) electrons. The van der Waals surface area contributed by atoms with Crippen molar-refractivity contribution in [1.82, 2.24) is 14.2 Å². The van der Waals surface area contributed by atoms with Crippen molar-refractivity contribution in [3.8, 4) is 0 Å². The van der Waals surface area contributed by atoms with Crippen molar-refractivity contribution in [3.05, 3.63) is 53.6 Å². The average molecular weight is 394 g/mol. The molecule has 1 aliphatic rings. The van der Waals surface area contributed by atoms with Crippen molar-refractivity contribution in [2.24, 2.45) is 7.05 Å². The molecule has 3 rings (SSSR count). The fourth-order valence-corrected chi connectivity index (χ4v) is 5.07. The minimum absolute atomic E-state index is 0.00370. The summed E-state index contributed by atoms with van der Waals surface area (Å²) in [6, 6.07) is 7.82. The van der Waals surface area contributed by atoms with Crippen molar-refractivity contribution in [2.75, 3.05) is 19.6 Å². The van der Waals surface area contributed by atoms with Crippen LogP contribution in [0.4, 0.5) is 4.39 Å². The van der Waals surface area contributed by atoms with Crippen molar-refractivity contribution in [2.45, 2.75) is 43.5 Å². The van der Waals surface area contributed by atoms with Gasteiger partial charge in [0, 0.05) is 25.5 Å². The van der Waals surface area contributed by atoms with Gasteiger partial charge < -0.3 is 4.57 Å². The van der Waals surface area contributed by atoms with Crippen molar-refractivity contribution in [1.29, 1.82) is 0 Å². The summed E-state index contributed by atoms with van der Waals surface area (Å²) in [6.45, 7) is 3.85. The second kappa shape index (κ2) is 8.54. The Morgan fingerprint density at radius 2 is 1.85 bits per heavy atom. The van der Waals surface area contributed by atoms with Gasteiger partial charge in [0.25, 0.3) is 0 Å². The molecule has 5 nitrogen and oxygen atoms in total. The standard InChI is InChI=1S/C20H28FN3O2S/c1-16-9-10-17(21)14-20(16)27(25,26)22-15-19(18-8-7-11-23(18)2)24-12-5-3-4-6-13-24/h7-11,14,19,22H,3-6,12-13,15H2,1-2H3. The first-order valence-corrected chi connectivity index (χ1v) is 11.0. The molecule has 0 aliphatic carbocycles. The Labute approximate surface area is 161 Å². The summed E-state index contributed by atoms with van der Waals surface area (Å²) in [5.41, 5.74) is 1.62. The van der Waals surface area contributed by atoms with Crippen LogP contribution in [0.15, 0.2) is 41.4 Å². The Bertz CT molecular complexity index is 871. The molecule has 0 spiro atoms. The monoisotopic (exact) mass is 393 g/mol. The van der Waals surface area contributed by atoms with E-state index in [2.05, 4.69) is 9.62 Å². The third-order valence-corrected chi connectivity index (χ3v) is 6.88. The van der Waals surface area contributed by atoms with Crippen molar-refractivity contribution in [3.63, 3.8) is 0 Å². The lowest BCUT2D eigenvalue weighted by atomic mass is 10.1. The first-order valence-electron chi connectivity index (χ1n) is 9.49. The molecule has 0 amide bonds. The van der Waals surface area contributed by atoms with E-state index in [-0.39, 0.29) is 17.5 Å². The van der Waals surface area contributed by atoms with Gasteiger partial charge in [0.15, 0.2) is 0 Å². The highest BCUT2D eigenvalue weighted by molar-refractivity contribution is 7.89. The zero-order chi connectivity index (χ0) is 19.4. The third kappa shape index (κ3) is 4.78. The molecule has 1 aromatic carbocycles. The molecule has 1 unspecified atom stereocenters. The SMILES string of the molecule is Cc1ccc(F)cc1S(=O)(=O)NCC(c1cccn1C)N1CCCCCC1. The fourth-order valence-electron chi connectivity index (χ4n) is 3.78. The number of rotatable bonds is 6. The van der Waals surface area contributed by atoms with Gasteiger partial charge in [-0.25, -0.2) is 17.5 Å². The van der Waals surface area contributed by atoms with Crippen LogP contribution in [0.1, 0.15) is 43.0 Å². The molecule has 0 saturated carbocycles. The smallest absolute Gasteiger partial charge is 0.240 e. The van der Waals surface area contributed by atoms with E-state index in [0.717, 1.165) is 37.7 Å². The van der Waals surface area contributed by atoms with Crippen molar-refractivity contribution < 1.29 is 12.8 Å². The van der Waals surface area contributed by atoms with E-state index in [9.17, 15) is 12.8 Å². The molecule has 0 bridgehead atoms. The van der Waals surface area contributed by atoms with Crippen LogP contribution in [-0.4, -0.2) is 37.5 Å². The summed E-state index contributed by atoms with van der Waals surface area (Å²) in [5, 5.41) is 0.